The summed E-state index contributed by atoms with van der Waals surface area (Å²) in [5.41, 5.74) is 7.48. The van der Waals surface area contributed by atoms with Gasteiger partial charge in [-0.2, -0.15) is 0 Å². The maximum Gasteiger partial charge on any atom is 0.0739 e. The number of fused-ring (bicyclic) bond motifs is 2. The maximum atomic E-state index is 10.8. The molecule has 24 heavy (non-hydrogen) atoms. The third-order valence-corrected chi connectivity index (χ3v) is 5.18. The third kappa shape index (κ3) is 2.71. The van der Waals surface area contributed by atoms with Gasteiger partial charge in [-0.3, -0.25) is 9.99 Å². The van der Waals surface area contributed by atoms with Gasteiger partial charge in [0.05, 0.1) is 11.0 Å². The minimum Gasteiger partial charge on any atom is -0.260 e. The predicted molar refractivity (Wildman–Crippen MR) is 95.7 cm³/mol. The Hall–Kier alpha value is -2.20. The number of piperidine rings is 1. The molecule has 122 valence electrons. The van der Waals surface area contributed by atoms with Crippen LogP contribution in [0.5, 0.6) is 0 Å². The van der Waals surface area contributed by atoms with E-state index >= 15 is 0 Å². The van der Waals surface area contributed by atoms with E-state index in [4.69, 9.17) is 16.6 Å². The Morgan fingerprint density at radius 2 is 1.83 bits per heavy atom. The molecule has 2 heterocycles. The summed E-state index contributed by atoms with van der Waals surface area (Å²) < 4.78 is 0. The van der Waals surface area contributed by atoms with Gasteiger partial charge >= 0.3 is 0 Å². The third-order valence-electron chi connectivity index (χ3n) is 4.94. The van der Waals surface area contributed by atoms with Crippen LogP contribution < -0.4 is 0 Å². The van der Waals surface area contributed by atoms with Gasteiger partial charge in [-0.05, 0) is 60.6 Å². The number of aromatic nitrogens is 1. The first-order valence-electron chi connectivity index (χ1n) is 8.29. The van der Waals surface area contributed by atoms with Gasteiger partial charge in [-0.15, -0.1) is 4.91 Å². The fraction of sp³-hybridized carbons (Fsp3) is 0.316. The standard InChI is InChI=1S/C19H18ClN3O/c20-16-5-6-17-15(12-16)4-3-14-2-1-9-21-19(14)18(17)13-7-10-23(22-24)11-8-13/h1-2,5-6,9,12H,3-4,7-8,10-11H2. The van der Waals surface area contributed by atoms with Crippen molar-refractivity contribution >= 4 is 17.2 Å². The second-order valence-electron chi connectivity index (χ2n) is 6.33. The molecule has 1 fully saturated rings. The highest BCUT2D eigenvalue weighted by Crippen LogP contribution is 2.38. The Labute approximate surface area is 146 Å². The monoisotopic (exact) mass is 339 g/mol. The lowest BCUT2D eigenvalue weighted by molar-refractivity contribution is 0.266. The summed E-state index contributed by atoms with van der Waals surface area (Å²) in [7, 11) is 0. The van der Waals surface area contributed by atoms with Crippen LogP contribution in [0.3, 0.4) is 0 Å². The predicted octanol–water partition coefficient (Wildman–Crippen LogP) is 4.41. The van der Waals surface area contributed by atoms with Gasteiger partial charge in [0.1, 0.15) is 0 Å². The zero-order chi connectivity index (χ0) is 16.5. The van der Waals surface area contributed by atoms with Crippen molar-refractivity contribution in [2.24, 2.45) is 5.29 Å². The Bertz CT molecular complexity index is 821. The minimum absolute atomic E-state index is 0.674. The van der Waals surface area contributed by atoms with Crippen molar-refractivity contribution in [3.8, 4) is 0 Å². The van der Waals surface area contributed by atoms with E-state index in [9.17, 15) is 4.91 Å². The van der Waals surface area contributed by atoms with Crippen LogP contribution in [0, 0.1) is 4.91 Å². The average molecular weight is 340 g/mol. The van der Waals surface area contributed by atoms with E-state index < -0.39 is 0 Å². The van der Waals surface area contributed by atoms with Gasteiger partial charge in [0.15, 0.2) is 0 Å². The lowest BCUT2D eigenvalue weighted by atomic mass is 9.89. The van der Waals surface area contributed by atoms with Gasteiger partial charge in [0.25, 0.3) is 0 Å². The molecule has 5 heteroatoms. The van der Waals surface area contributed by atoms with Crippen LogP contribution in [0.4, 0.5) is 0 Å². The first-order valence-corrected chi connectivity index (χ1v) is 8.67. The summed E-state index contributed by atoms with van der Waals surface area (Å²) in [6.45, 7) is 1.35. The van der Waals surface area contributed by atoms with E-state index in [1.165, 1.54) is 27.8 Å². The van der Waals surface area contributed by atoms with E-state index in [2.05, 4.69) is 23.5 Å². The highest BCUT2D eigenvalue weighted by atomic mass is 35.5. The van der Waals surface area contributed by atoms with Gasteiger partial charge in [0, 0.05) is 29.9 Å². The summed E-state index contributed by atoms with van der Waals surface area (Å²) in [6, 6.07) is 10.3. The van der Waals surface area contributed by atoms with Crippen molar-refractivity contribution in [2.75, 3.05) is 13.1 Å². The molecule has 1 aliphatic heterocycles. The van der Waals surface area contributed by atoms with Crippen LogP contribution in [0.2, 0.25) is 5.02 Å². The second-order valence-corrected chi connectivity index (χ2v) is 6.76. The van der Waals surface area contributed by atoms with Gasteiger partial charge in [0.2, 0.25) is 0 Å². The molecule has 0 spiro atoms. The molecule has 2 aromatic rings. The van der Waals surface area contributed by atoms with Crippen LogP contribution in [0.25, 0.3) is 5.57 Å². The van der Waals surface area contributed by atoms with Gasteiger partial charge < -0.3 is 0 Å². The SMILES string of the molecule is O=NN1CCC(=C2c3ccc(Cl)cc3CCc3cccnc32)CC1. The van der Waals surface area contributed by atoms with Crippen LogP contribution >= 0.6 is 11.6 Å². The number of aryl methyl sites for hydroxylation is 2. The number of nitrogens with zero attached hydrogens (tertiary/aromatic N) is 3. The number of hydrogen-bond donors (Lipinski definition) is 0. The summed E-state index contributed by atoms with van der Waals surface area (Å²) in [6.07, 6.45) is 5.49. The molecule has 2 aliphatic rings. The summed E-state index contributed by atoms with van der Waals surface area (Å²) in [5.74, 6) is 0. The first kappa shape index (κ1) is 15.3. The molecule has 1 aromatic carbocycles. The van der Waals surface area contributed by atoms with Crippen molar-refractivity contribution in [3.63, 3.8) is 0 Å². The highest BCUT2D eigenvalue weighted by molar-refractivity contribution is 6.30. The van der Waals surface area contributed by atoms with Gasteiger partial charge in [-0.1, -0.05) is 29.3 Å². The molecule has 0 amide bonds. The molecule has 1 aliphatic carbocycles. The molecule has 1 aromatic heterocycles. The van der Waals surface area contributed by atoms with Crippen LogP contribution in [0.15, 0.2) is 47.4 Å². The van der Waals surface area contributed by atoms with E-state index in [-0.39, 0.29) is 0 Å². The van der Waals surface area contributed by atoms with Crippen molar-refractivity contribution in [1.82, 2.24) is 9.99 Å². The quantitative estimate of drug-likeness (QED) is 0.723. The fourth-order valence-corrected chi connectivity index (χ4v) is 3.92. The zero-order valence-electron chi connectivity index (χ0n) is 13.3. The van der Waals surface area contributed by atoms with Crippen molar-refractivity contribution in [3.05, 3.63) is 74.4 Å². The summed E-state index contributed by atoms with van der Waals surface area (Å²) in [5, 5.41) is 5.45. The largest absolute Gasteiger partial charge is 0.260 e. The van der Waals surface area contributed by atoms with E-state index in [0.29, 0.717) is 13.1 Å². The molecule has 1 saturated heterocycles. The van der Waals surface area contributed by atoms with Crippen LogP contribution in [-0.4, -0.2) is 23.1 Å². The van der Waals surface area contributed by atoms with E-state index in [1.54, 1.807) is 5.01 Å². The lowest BCUT2D eigenvalue weighted by Gasteiger charge is -2.26. The maximum absolute atomic E-state index is 10.8. The lowest BCUT2D eigenvalue weighted by Crippen LogP contribution is -2.26. The summed E-state index contributed by atoms with van der Waals surface area (Å²) in [4.78, 5) is 15.5. The number of halogens is 1. The Morgan fingerprint density at radius 1 is 1.04 bits per heavy atom. The van der Waals surface area contributed by atoms with Crippen molar-refractivity contribution in [1.29, 1.82) is 0 Å². The second kappa shape index (κ2) is 6.36. The number of nitroso groups, excluding NO2 is 1. The summed E-state index contributed by atoms with van der Waals surface area (Å²) >= 11 is 6.23. The molecule has 0 unspecified atom stereocenters. The Morgan fingerprint density at radius 3 is 2.62 bits per heavy atom. The molecule has 4 nitrogen and oxygen atoms in total. The van der Waals surface area contributed by atoms with E-state index in [0.717, 1.165) is 36.4 Å². The van der Waals surface area contributed by atoms with Crippen molar-refractivity contribution < 1.29 is 0 Å². The molecular formula is C19H18ClN3O. The highest BCUT2D eigenvalue weighted by Gasteiger charge is 2.24. The number of rotatable bonds is 1. The average Bonchev–Trinajstić information content (AvgIpc) is 2.78. The molecule has 0 saturated carbocycles. The van der Waals surface area contributed by atoms with Gasteiger partial charge in [-0.25, -0.2) is 0 Å². The first-order chi connectivity index (χ1) is 11.8. The molecule has 0 bridgehead atoms. The smallest absolute Gasteiger partial charge is 0.0739 e. The zero-order valence-corrected chi connectivity index (χ0v) is 14.1. The number of hydrogen-bond acceptors (Lipinski definition) is 3. The fourth-order valence-electron chi connectivity index (χ4n) is 3.73. The number of benzene rings is 1. The molecule has 0 atom stereocenters. The normalized spacial score (nSPS) is 17.1. The van der Waals surface area contributed by atoms with E-state index in [1.807, 2.05) is 18.3 Å². The van der Waals surface area contributed by atoms with Crippen LogP contribution in [0.1, 0.15) is 35.2 Å². The topological polar surface area (TPSA) is 45.6 Å². The molecule has 0 radical (unpaired) electrons. The Kier molecular flexibility index (Phi) is 4.07. The molecular weight excluding hydrogens is 322 g/mol. The minimum atomic E-state index is 0.674. The molecule has 4 rings (SSSR count). The number of pyridine rings is 1. The molecule has 0 N–H and O–H groups in total. The Balaban J connectivity index is 1.90. The van der Waals surface area contributed by atoms with Crippen LogP contribution in [-0.2, 0) is 12.8 Å². The van der Waals surface area contributed by atoms with Crippen molar-refractivity contribution in [2.45, 2.75) is 25.7 Å².